The summed E-state index contributed by atoms with van der Waals surface area (Å²) >= 11 is 0. The van der Waals surface area contributed by atoms with Gasteiger partial charge in [0.1, 0.15) is 11.9 Å². The maximum Gasteiger partial charge on any atom is 0.251 e. The molecule has 26 heavy (non-hydrogen) atoms. The molecule has 2 heterocycles. The molecule has 3 rings (SSSR count). The van der Waals surface area contributed by atoms with Crippen LogP contribution in [-0.2, 0) is 11.3 Å². The van der Waals surface area contributed by atoms with E-state index in [4.69, 9.17) is 0 Å². The van der Waals surface area contributed by atoms with Crippen molar-refractivity contribution in [2.24, 2.45) is 5.92 Å². The summed E-state index contributed by atoms with van der Waals surface area (Å²) in [7, 11) is 0. The van der Waals surface area contributed by atoms with Gasteiger partial charge in [-0.05, 0) is 30.7 Å². The molecular formula is C21H29N3O2. The predicted molar refractivity (Wildman–Crippen MR) is 102 cm³/mol. The summed E-state index contributed by atoms with van der Waals surface area (Å²) in [5, 5.41) is 10.1. The second kappa shape index (κ2) is 8.49. The predicted octanol–water partition coefficient (Wildman–Crippen LogP) is 3.04. The maximum atomic E-state index is 12.4. The molecule has 0 unspecified atom stereocenters. The van der Waals surface area contributed by atoms with Crippen LogP contribution in [-0.4, -0.2) is 44.7 Å². The number of imidazole rings is 1. The van der Waals surface area contributed by atoms with E-state index in [9.17, 15) is 9.90 Å². The lowest BCUT2D eigenvalue weighted by Crippen LogP contribution is -2.44. The van der Waals surface area contributed by atoms with Crippen LogP contribution in [0.3, 0.4) is 0 Å². The van der Waals surface area contributed by atoms with Crippen LogP contribution in [0.1, 0.15) is 50.4 Å². The summed E-state index contributed by atoms with van der Waals surface area (Å²) in [6.07, 6.45) is 5.35. The Morgan fingerprint density at radius 3 is 2.58 bits per heavy atom. The van der Waals surface area contributed by atoms with Crippen molar-refractivity contribution in [3.63, 3.8) is 0 Å². The Morgan fingerprint density at radius 1 is 1.23 bits per heavy atom. The van der Waals surface area contributed by atoms with E-state index in [0.717, 1.165) is 25.2 Å². The molecule has 0 saturated carbocycles. The van der Waals surface area contributed by atoms with Gasteiger partial charge in [0, 0.05) is 37.9 Å². The van der Waals surface area contributed by atoms with Crippen molar-refractivity contribution < 1.29 is 9.90 Å². The molecule has 1 aliphatic rings. The van der Waals surface area contributed by atoms with E-state index in [0.29, 0.717) is 31.3 Å². The van der Waals surface area contributed by atoms with Gasteiger partial charge in [-0.3, -0.25) is 4.79 Å². The third kappa shape index (κ3) is 4.52. The minimum Gasteiger partial charge on any atom is -0.383 e. The number of aliphatic hydroxyl groups excluding tert-OH is 1. The second-order valence-electron chi connectivity index (χ2n) is 7.64. The molecule has 1 N–H and O–H groups in total. The molecule has 0 radical (unpaired) electrons. The summed E-state index contributed by atoms with van der Waals surface area (Å²) in [4.78, 5) is 18.8. The van der Waals surface area contributed by atoms with Crippen molar-refractivity contribution in [1.29, 1.82) is 0 Å². The fourth-order valence-electron chi connectivity index (χ4n) is 3.71. The highest BCUT2D eigenvalue weighted by Gasteiger charge is 2.29. The lowest BCUT2D eigenvalue weighted by molar-refractivity contribution is -0.142. The number of hydrogen-bond donors (Lipinski definition) is 1. The number of piperidine rings is 1. The Kier molecular flexibility index (Phi) is 6.09. The van der Waals surface area contributed by atoms with E-state index in [-0.39, 0.29) is 5.91 Å². The first-order valence-electron chi connectivity index (χ1n) is 9.56. The topological polar surface area (TPSA) is 58.4 Å². The Morgan fingerprint density at radius 2 is 1.92 bits per heavy atom. The van der Waals surface area contributed by atoms with Gasteiger partial charge in [0.2, 0.25) is 0 Å². The molecule has 5 nitrogen and oxygen atoms in total. The van der Waals surface area contributed by atoms with Gasteiger partial charge in [-0.25, -0.2) is 4.98 Å². The van der Waals surface area contributed by atoms with Gasteiger partial charge in [-0.1, -0.05) is 44.2 Å². The lowest BCUT2D eigenvalue weighted by atomic mass is 9.95. The number of aliphatic hydroxyl groups is 1. The highest BCUT2D eigenvalue weighted by atomic mass is 16.3. The van der Waals surface area contributed by atoms with Gasteiger partial charge in [-0.2, -0.15) is 0 Å². The molecule has 0 spiro atoms. The van der Waals surface area contributed by atoms with E-state index < -0.39 is 6.10 Å². The summed E-state index contributed by atoms with van der Waals surface area (Å²) in [5.74, 6) is 1.66. The normalized spacial score (nSPS) is 16.8. The second-order valence-corrected chi connectivity index (χ2v) is 7.64. The molecule has 140 valence electrons. The Labute approximate surface area is 155 Å². The van der Waals surface area contributed by atoms with E-state index >= 15 is 0 Å². The lowest BCUT2D eigenvalue weighted by Gasteiger charge is -2.33. The number of nitrogens with zero attached hydrogens (tertiary/aromatic N) is 3. The molecule has 5 heteroatoms. The fourth-order valence-corrected chi connectivity index (χ4v) is 3.71. The van der Waals surface area contributed by atoms with Crippen LogP contribution in [0.2, 0.25) is 0 Å². The zero-order chi connectivity index (χ0) is 18.5. The molecule has 1 aromatic carbocycles. The summed E-state index contributed by atoms with van der Waals surface area (Å²) in [5.41, 5.74) is 1.26. The molecule has 2 aromatic rings. The number of carbonyl (C=O) groups is 1. The van der Waals surface area contributed by atoms with Gasteiger partial charge in [0.05, 0.1) is 0 Å². The fraction of sp³-hybridized carbons (Fsp3) is 0.524. The van der Waals surface area contributed by atoms with Crippen molar-refractivity contribution in [2.75, 3.05) is 13.1 Å². The average Bonchev–Trinajstić information content (AvgIpc) is 3.09. The summed E-state index contributed by atoms with van der Waals surface area (Å²) in [6, 6.07) is 10.4. The first-order chi connectivity index (χ1) is 12.5. The largest absolute Gasteiger partial charge is 0.383 e. The van der Waals surface area contributed by atoms with Crippen LogP contribution in [0.25, 0.3) is 0 Å². The molecule has 1 aliphatic heterocycles. The third-order valence-corrected chi connectivity index (χ3v) is 5.09. The maximum absolute atomic E-state index is 12.4. The third-order valence-electron chi connectivity index (χ3n) is 5.09. The zero-order valence-electron chi connectivity index (χ0n) is 15.7. The van der Waals surface area contributed by atoms with Gasteiger partial charge in [-0.15, -0.1) is 0 Å². The van der Waals surface area contributed by atoms with E-state index in [1.54, 1.807) is 0 Å². The smallest absolute Gasteiger partial charge is 0.251 e. The standard InChI is InChI=1S/C21H29N3O2/c1-16(2)14-19(25)21(26)23-11-8-18(9-12-23)20-22-10-13-24(20)15-17-6-4-3-5-7-17/h3-7,10,13,16,18-19,25H,8-9,11-12,14-15H2,1-2H3/t19-/m0/s1. The van der Waals surface area contributed by atoms with Crippen LogP contribution in [0.15, 0.2) is 42.7 Å². The highest BCUT2D eigenvalue weighted by Crippen LogP contribution is 2.28. The van der Waals surface area contributed by atoms with Crippen LogP contribution >= 0.6 is 0 Å². The van der Waals surface area contributed by atoms with Gasteiger partial charge >= 0.3 is 0 Å². The Balaban J connectivity index is 1.59. The molecule has 0 aliphatic carbocycles. The van der Waals surface area contributed by atoms with E-state index in [1.165, 1.54) is 5.56 Å². The monoisotopic (exact) mass is 355 g/mol. The molecule has 1 amide bonds. The van der Waals surface area contributed by atoms with E-state index in [2.05, 4.69) is 33.8 Å². The Bertz CT molecular complexity index is 703. The number of aromatic nitrogens is 2. The van der Waals surface area contributed by atoms with Gasteiger partial charge in [0.15, 0.2) is 0 Å². The number of carbonyl (C=O) groups excluding carboxylic acids is 1. The minimum atomic E-state index is -0.869. The Hall–Kier alpha value is -2.14. The van der Waals surface area contributed by atoms with Crippen molar-refractivity contribution in [3.8, 4) is 0 Å². The summed E-state index contributed by atoms with van der Waals surface area (Å²) in [6.45, 7) is 6.25. The number of likely N-dealkylation sites (tertiary alicyclic amines) is 1. The number of rotatable bonds is 6. The quantitative estimate of drug-likeness (QED) is 0.866. The van der Waals surface area contributed by atoms with Crippen LogP contribution in [0, 0.1) is 5.92 Å². The van der Waals surface area contributed by atoms with Crippen LogP contribution in [0.4, 0.5) is 0 Å². The molecule has 1 fully saturated rings. The van der Waals surface area contributed by atoms with Gasteiger partial charge < -0.3 is 14.6 Å². The molecule has 0 bridgehead atoms. The molecule has 1 saturated heterocycles. The summed E-state index contributed by atoms with van der Waals surface area (Å²) < 4.78 is 2.21. The SMILES string of the molecule is CC(C)C[C@H](O)C(=O)N1CCC(c2nccn2Cc2ccccc2)CC1. The number of benzene rings is 1. The van der Waals surface area contributed by atoms with Crippen LogP contribution < -0.4 is 0 Å². The number of hydrogen-bond acceptors (Lipinski definition) is 3. The van der Waals surface area contributed by atoms with Crippen molar-refractivity contribution in [2.45, 2.75) is 51.7 Å². The average molecular weight is 355 g/mol. The highest BCUT2D eigenvalue weighted by molar-refractivity contribution is 5.80. The van der Waals surface area contributed by atoms with Crippen LogP contribution in [0.5, 0.6) is 0 Å². The molecular weight excluding hydrogens is 326 g/mol. The minimum absolute atomic E-state index is 0.121. The van der Waals surface area contributed by atoms with Crippen molar-refractivity contribution in [1.82, 2.24) is 14.5 Å². The van der Waals surface area contributed by atoms with Crippen molar-refractivity contribution in [3.05, 3.63) is 54.1 Å². The zero-order valence-corrected chi connectivity index (χ0v) is 15.7. The van der Waals surface area contributed by atoms with E-state index in [1.807, 2.05) is 37.2 Å². The first-order valence-corrected chi connectivity index (χ1v) is 9.56. The molecule has 1 aromatic heterocycles. The van der Waals surface area contributed by atoms with Gasteiger partial charge in [0.25, 0.3) is 5.91 Å². The first kappa shape index (κ1) is 18.6. The molecule has 1 atom stereocenters. The number of amides is 1. The van der Waals surface area contributed by atoms with Crippen molar-refractivity contribution >= 4 is 5.91 Å².